The number of esters is 1. The first-order valence-electron chi connectivity index (χ1n) is 4.16. The lowest BCUT2D eigenvalue weighted by Gasteiger charge is -1.98. The van der Waals surface area contributed by atoms with E-state index in [0.717, 1.165) is 0 Å². The molecule has 0 spiro atoms. The molecule has 0 radical (unpaired) electrons. The molecule has 0 aliphatic carbocycles. The van der Waals surface area contributed by atoms with Gasteiger partial charge < -0.3 is 4.74 Å². The highest BCUT2D eigenvalue weighted by atomic mass is 16.5. The Kier molecular flexibility index (Phi) is 2.89. The van der Waals surface area contributed by atoms with E-state index in [1.54, 1.807) is 6.92 Å². The standard InChI is InChI=1S/C8H12N2O3/c1-3-10-7(11)5-6(9-10)8(12)13-4-2/h5,9H,3-4H2,1-2H3. The number of rotatable bonds is 3. The van der Waals surface area contributed by atoms with Gasteiger partial charge in [0, 0.05) is 12.6 Å². The minimum atomic E-state index is -0.494. The Labute approximate surface area is 75.3 Å². The van der Waals surface area contributed by atoms with Crippen LogP contribution in [-0.4, -0.2) is 22.4 Å². The van der Waals surface area contributed by atoms with Gasteiger partial charge in [0.15, 0.2) is 0 Å². The minimum Gasteiger partial charge on any atom is -0.461 e. The van der Waals surface area contributed by atoms with Crippen molar-refractivity contribution in [1.82, 2.24) is 9.78 Å². The smallest absolute Gasteiger partial charge is 0.356 e. The van der Waals surface area contributed by atoms with E-state index in [-0.39, 0.29) is 11.3 Å². The van der Waals surface area contributed by atoms with Crippen LogP contribution in [-0.2, 0) is 11.3 Å². The van der Waals surface area contributed by atoms with Crippen molar-refractivity contribution in [3.63, 3.8) is 0 Å². The van der Waals surface area contributed by atoms with Crippen molar-refractivity contribution in [2.24, 2.45) is 0 Å². The summed E-state index contributed by atoms with van der Waals surface area (Å²) >= 11 is 0. The minimum absolute atomic E-state index is 0.203. The molecule has 1 aromatic heterocycles. The molecule has 13 heavy (non-hydrogen) atoms. The van der Waals surface area contributed by atoms with Crippen molar-refractivity contribution in [1.29, 1.82) is 0 Å². The molecule has 5 nitrogen and oxygen atoms in total. The third-order valence-corrected chi connectivity index (χ3v) is 1.60. The normalized spacial score (nSPS) is 10.0. The Morgan fingerprint density at radius 3 is 2.77 bits per heavy atom. The molecule has 0 aromatic carbocycles. The lowest BCUT2D eigenvalue weighted by molar-refractivity contribution is 0.0518. The molecule has 0 atom stereocenters. The van der Waals surface area contributed by atoms with Crippen molar-refractivity contribution < 1.29 is 9.53 Å². The Morgan fingerprint density at radius 1 is 1.62 bits per heavy atom. The van der Waals surface area contributed by atoms with Crippen LogP contribution in [0.5, 0.6) is 0 Å². The molecule has 0 saturated carbocycles. The highest BCUT2D eigenvalue weighted by Gasteiger charge is 2.10. The molecule has 1 rings (SSSR count). The molecule has 0 bridgehead atoms. The molecule has 1 aromatic rings. The van der Waals surface area contributed by atoms with Crippen LogP contribution in [0.15, 0.2) is 10.9 Å². The van der Waals surface area contributed by atoms with Crippen LogP contribution in [0, 0.1) is 0 Å². The van der Waals surface area contributed by atoms with Crippen LogP contribution < -0.4 is 5.56 Å². The van der Waals surface area contributed by atoms with Crippen LogP contribution in [0.1, 0.15) is 24.3 Å². The molecule has 5 heteroatoms. The molecular weight excluding hydrogens is 172 g/mol. The van der Waals surface area contributed by atoms with E-state index in [4.69, 9.17) is 4.74 Å². The fourth-order valence-electron chi connectivity index (χ4n) is 0.982. The highest BCUT2D eigenvalue weighted by Crippen LogP contribution is 1.93. The molecule has 1 heterocycles. The summed E-state index contributed by atoms with van der Waals surface area (Å²) < 4.78 is 6.06. The first kappa shape index (κ1) is 9.57. The number of aromatic amines is 1. The molecule has 72 valence electrons. The average Bonchev–Trinajstić information content (AvgIpc) is 2.47. The third kappa shape index (κ3) is 1.99. The fraction of sp³-hybridized carbons (Fsp3) is 0.500. The van der Waals surface area contributed by atoms with Crippen molar-refractivity contribution in [2.75, 3.05) is 6.61 Å². The van der Waals surface area contributed by atoms with Gasteiger partial charge in [0.25, 0.3) is 5.56 Å². The molecule has 0 saturated heterocycles. The van der Waals surface area contributed by atoms with E-state index in [0.29, 0.717) is 13.2 Å². The number of aromatic nitrogens is 2. The molecule has 0 unspecified atom stereocenters. The summed E-state index contributed by atoms with van der Waals surface area (Å²) in [5, 5.41) is 2.65. The molecular formula is C8H12N2O3. The first-order valence-corrected chi connectivity index (χ1v) is 4.16. The molecule has 0 aliphatic heterocycles. The number of H-pyrrole nitrogens is 1. The maximum atomic E-state index is 11.1. The predicted octanol–water partition coefficient (Wildman–Crippen LogP) is 0.373. The summed E-state index contributed by atoms with van der Waals surface area (Å²) in [6.07, 6.45) is 0. The molecule has 0 fully saturated rings. The van der Waals surface area contributed by atoms with Crippen molar-refractivity contribution in [2.45, 2.75) is 20.4 Å². The average molecular weight is 184 g/mol. The topological polar surface area (TPSA) is 64.1 Å². The number of nitrogens with zero attached hydrogens (tertiary/aromatic N) is 1. The summed E-state index contributed by atoms with van der Waals surface area (Å²) in [7, 11) is 0. The molecule has 1 N–H and O–H groups in total. The summed E-state index contributed by atoms with van der Waals surface area (Å²) in [4.78, 5) is 22.2. The lowest BCUT2D eigenvalue weighted by atomic mass is 10.4. The molecule has 0 amide bonds. The summed E-state index contributed by atoms with van der Waals surface area (Å²) in [5.41, 5.74) is -0.0146. The fourth-order valence-corrected chi connectivity index (χ4v) is 0.982. The van der Waals surface area contributed by atoms with Crippen LogP contribution >= 0.6 is 0 Å². The summed E-state index contributed by atoms with van der Waals surface area (Å²) in [5.74, 6) is -0.494. The largest absolute Gasteiger partial charge is 0.461 e. The number of hydrogen-bond acceptors (Lipinski definition) is 3. The van der Waals surface area contributed by atoms with Crippen molar-refractivity contribution in [3.8, 4) is 0 Å². The van der Waals surface area contributed by atoms with Crippen molar-refractivity contribution >= 4 is 5.97 Å². The Balaban J connectivity index is 2.90. The zero-order valence-corrected chi connectivity index (χ0v) is 7.66. The van der Waals surface area contributed by atoms with E-state index in [1.165, 1.54) is 10.7 Å². The van der Waals surface area contributed by atoms with E-state index in [2.05, 4.69) is 5.10 Å². The second-order valence-electron chi connectivity index (χ2n) is 2.47. The van der Waals surface area contributed by atoms with Gasteiger partial charge in [-0.05, 0) is 13.8 Å². The van der Waals surface area contributed by atoms with Gasteiger partial charge >= 0.3 is 5.97 Å². The zero-order chi connectivity index (χ0) is 9.84. The maximum Gasteiger partial charge on any atom is 0.356 e. The molecule has 0 aliphatic rings. The van der Waals surface area contributed by atoms with Crippen LogP contribution in [0.3, 0.4) is 0 Å². The highest BCUT2D eigenvalue weighted by molar-refractivity contribution is 5.86. The SMILES string of the molecule is CCOC(=O)c1cc(=O)n(CC)[nH]1. The van der Waals surface area contributed by atoms with Gasteiger partial charge in [-0.3, -0.25) is 14.6 Å². The number of carbonyl (C=O) groups excluding carboxylic acids is 1. The number of hydrogen-bond donors (Lipinski definition) is 1. The number of carbonyl (C=O) groups is 1. The van der Waals surface area contributed by atoms with E-state index >= 15 is 0 Å². The predicted molar refractivity (Wildman–Crippen MR) is 46.7 cm³/mol. The lowest BCUT2D eigenvalue weighted by Crippen LogP contribution is -2.13. The third-order valence-electron chi connectivity index (χ3n) is 1.60. The Hall–Kier alpha value is -1.52. The van der Waals surface area contributed by atoms with Gasteiger partial charge in [0.2, 0.25) is 0 Å². The van der Waals surface area contributed by atoms with E-state index in [1.807, 2.05) is 6.92 Å². The van der Waals surface area contributed by atoms with E-state index < -0.39 is 5.97 Å². The Bertz CT molecular complexity index is 351. The van der Waals surface area contributed by atoms with Gasteiger partial charge in [0.05, 0.1) is 6.61 Å². The number of ether oxygens (including phenoxy) is 1. The summed E-state index contributed by atoms with van der Waals surface area (Å²) in [6.45, 7) is 4.34. The van der Waals surface area contributed by atoms with Crippen molar-refractivity contribution in [3.05, 3.63) is 22.1 Å². The van der Waals surface area contributed by atoms with E-state index in [9.17, 15) is 9.59 Å². The second-order valence-corrected chi connectivity index (χ2v) is 2.47. The summed E-state index contributed by atoms with van der Waals surface area (Å²) in [6, 6.07) is 1.24. The Morgan fingerprint density at radius 2 is 2.31 bits per heavy atom. The van der Waals surface area contributed by atoms with Gasteiger partial charge in [-0.15, -0.1) is 0 Å². The monoisotopic (exact) mass is 184 g/mol. The van der Waals surface area contributed by atoms with Gasteiger partial charge in [-0.1, -0.05) is 0 Å². The van der Waals surface area contributed by atoms with Gasteiger partial charge in [-0.25, -0.2) is 4.79 Å². The van der Waals surface area contributed by atoms with Gasteiger partial charge in [0.1, 0.15) is 5.69 Å². The zero-order valence-electron chi connectivity index (χ0n) is 7.66. The van der Waals surface area contributed by atoms with Crippen LogP contribution in [0.25, 0.3) is 0 Å². The van der Waals surface area contributed by atoms with Gasteiger partial charge in [-0.2, -0.15) is 0 Å². The number of nitrogens with one attached hydrogen (secondary N) is 1. The first-order chi connectivity index (χ1) is 6.19. The second kappa shape index (κ2) is 3.93. The quantitative estimate of drug-likeness (QED) is 0.690. The van der Waals surface area contributed by atoms with Crippen LogP contribution in [0.2, 0.25) is 0 Å². The number of aryl methyl sites for hydroxylation is 1. The van der Waals surface area contributed by atoms with Crippen LogP contribution in [0.4, 0.5) is 0 Å². The maximum absolute atomic E-state index is 11.1.